The van der Waals surface area contributed by atoms with Crippen LogP contribution in [0, 0.1) is 23.6 Å². The highest BCUT2D eigenvalue weighted by molar-refractivity contribution is 5.90. The van der Waals surface area contributed by atoms with Gasteiger partial charge in [0.25, 0.3) is 0 Å². The monoisotopic (exact) mass is 262 g/mol. The summed E-state index contributed by atoms with van der Waals surface area (Å²) in [6.07, 6.45) is 1.28. The fourth-order valence-electron chi connectivity index (χ4n) is 1.49. The molecule has 1 aromatic rings. The first-order chi connectivity index (χ1) is 9.02. The first kappa shape index (κ1) is 15.2. The van der Waals surface area contributed by atoms with Gasteiger partial charge in [0.1, 0.15) is 5.82 Å². The van der Waals surface area contributed by atoms with E-state index >= 15 is 0 Å². The third kappa shape index (κ3) is 5.54. The van der Waals surface area contributed by atoms with Crippen LogP contribution in [0.1, 0.15) is 32.3 Å². The summed E-state index contributed by atoms with van der Waals surface area (Å²) in [5, 5.41) is 2.74. The molecule has 0 spiro atoms. The second-order valence-electron chi connectivity index (χ2n) is 4.68. The van der Waals surface area contributed by atoms with E-state index in [1.165, 1.54) is 18.2 Å². The average Bonchev–Trinajstić information content (AvgIpc) is 2.37. The number of nitrogens with one attached hydrogen (secondary N) is 1. The molecule has 0 bridgehead atoms. The van der Waals surface area contributed by atoms with E-state index in [9.17, 15) is 9.18 Å². The highest BCUT2D eigenvalue weighted by atomic mass is 19.1. The first-order valence-electron chi connectivity index (χ1n) is 6.31. The lowest BCUT2D eigenvalue weighted by Gasteiger charge is -2.07. The van der Waals surface area contributed by atoms with Gasteiger partial charge < -0.3 is 11.1 Å². The van der Waals surface area contributed by atoms with Crippen LogP contribution in [0.2, 0.25) is 0 Å². The predicted octanol–water partition coefficient (Wildman–Crippen LogP) is 2.51. The zero-order valence-electron chi connectivity index (χ0n) is 11.3. The van der Waals surface area contributed by atoms with Crippen molar-refractivity contribution in [3.05, 3.63) is 29.6 Å². The third-order valence-electron chi connectivity index (χ3n) is 2.52. The van der Waals surface area contributed by atoms with E-state index < -0.39 is 5.82 Å². The summed E-state index contributed by atoms with van der Waals surface area (Å²) < 4.78 is 13.4. The molecule has 0 heterocycles. The molecule has 0 saturated carbocycles. The molecule has 1 aromatic carbocycles. The Morgan fingerprint density at radius 3 is 2.84 bits per heavy atom. The molecule has 3 nitrogen and oxygen atoms in total. The lowest BCUT2D eigenvalue weighted by molar-refractivity contribution is -0.116. The molecule has 3 N–H and O–H groups in total. The fourth-order valence-corrected chi connectivity index (χ4v) is 1.49. The number of rotatable bonds is 4. The Kier molecular flexibility index (Phi) is 6.04. The van der Waals surface area contributed by atoms with Crippen LogP contribution in [0.3, 0.4) is 0 Å². The summed E-state index contributed by atoms with van der Waals surface area (Å²) in [6, 6.07) is 4.33. The smallest absolute Gasteiger partial charge is 0.224 e. The lowest BCUT2D eigenvalue weighted by Crippen LogP contribution is -2.12. The predicted molar refractivity (Wildman–Crippen MR) is 75.0 cm³/mol. The van der Waals surface area contributed by atoms with E-state index in [2.05, 4.69) is 31.0 Å². The number of anilines is 1. The molecule has 1 amide bonds. The topological polar surface area (TPSA) is 55.1 Å². The normalized spacial score (nSPS) is 9.95. The van der Waals surface area contributed by atoms with Crippen LogP contribution in [0.15, 0.2) is 18.2 Å². The number of nitrogens with two attached hydrogens (primary N) is 1. The van der Waals surface area contributed by atoms with Crippen LogP contribution in [-0.2, 0) is 4.79 Å². The summed E-state index contributed by atoms with van der Waals surface area (Å²) in [6.45, 7) is 4.29. The van der Waals surface area contributed by atoms with Gasteiger partial charge in [0, 0.05) is 12.1 Å². The molecule has 19 heavy (non-hydrogen) atoms. The second kappa shape index (κ2) is 7.55. The van der Waals surface area contributed by atoms with E-state index in [1.807, 2.05) is 0 Å². The molecular weight excluding hydrogens is 243 g/mol. The summed E-state index contributed by atoms with van der Waals surface area (Å²) in [7, 11) is 0. The summed E-state index contributed by atoms with van der Waals surface area (Å²) in [5.74, 6) is 5.22. The van der Waals surface area contributed by atoms with Gasteiger partial charge in [0.05, 0.1) is 12.1 Å². The van der Waals surface area contributed by atoms with Gasteiger partial charge >= 0.3 is 0 Å². The molecule has 0 atom stereocenters. The molecule has 0 aromatic heterocycles. The van der Waals surface area contributed by atoms with Crippen LogP contribution in [0.5, 0.6) is 0 Å². The van der Waals surface area contributed by atoms with Crippen molar-refractivity contribution in [2.24, 2.45) is 11.7 Å². The second-order valence-corrected chi connectivity index (χ2v) is 4.68. The Balaban J connectivity index is 2.71. The molecule has 102 valence electrons. The first-order valence-corrected chi connectivity index (χ1v) is 6.31. The van der Waals surface area contributed by atoms with E-state index in [4.69, 9.17) is 5.73 Å². The summed E-state index contributed by atoms with van der Waals surface area (Å²) in [4.78, 5) is 11.7. The number of amides is 1. The van der Waals surface area contributed by atoms with Crippen LogP contribution in [-0.4, -0.2) is 12.5 Å². The Labute approximate surface area is 113 Å². The summed E-state index contributed by atoms with van der Waals surface area (Å²) >= 11 is 0. The molecular formula is C15H19FN2O. The zero-order chi connectivity index (χ0) is 14.3. The van der Waals surface area contributed by atoms with Crippen molar-refractivity contribution in [1.82, 2.24) is 0 Å². The van der Waals surface area contributed by atoms with Crippen molar-refractivity contribution in [2.45, 2.75) is 26.7 Å². The van der Waals surface area contributed by atoms with Gasteiger partial charge in [0.15, 0.2) is 0 Å². The van der Waals surface area contributed by atoms with Crippen LogP contribution in [0.4, 0.5) is 10.1 Å². The number of hydrogen-bond acceptors (Lipinski definition) is 2. The quantitative estimate of drug-likeness (QED) is 0.819. The highest BCUT2D eigenvalue weighted by Gasteiger charge is 2.06. The minimum atomic E-state index is -0.416. The number of carbonyl (C=O) groups excluding carboxylic acids is 1. The van der Waals surface area contributed by atoms with Crippen molar-refractivity contribution in [1.29, 1.82) is 0 Å². The third-order valence-corrected chi connectivity index (χ3v) is 2.52. The SMILES string of the molecule is CC(C)CCC(=O)Nc1ccc(F)c(C#CCN)c1. The van der Waals surface area contributed by atoms with Crippen LogP contribution < -0.4 is 11.1 Å². The van der Waals surface area contributed by atoms with Gasteiger partial charge in [-0.3, -0.25) is 4.79 Å². The van der Waals surface area contributed by atoms with E-state index in [-0.39, 0.29) is 18.0 Å². The number of benzene rings is 1. The van der Waals surface area contributed by atoms with E-state index in [0.29, 0.717) is 18.0 Å². The molecule has 1 rings (SSSR count). The molecule has 0 unspecified atom stereocenters. The molecule has 0 aliphatic rings. The van der Waals surface area contributed by atoms with E-state index in [1.54, 1.807) is 0 Å². The van der Waals surface area contributed by atoms with Crippen LogP contribution >= 0.6 is 0 Å². The number of halogens is 1. The van der Waals surface area contributed by atoms with Gasteiger partial charge in [-0.1, -0.05) is 25.7 Å². The van der Waals surface area contributed by atoms with E-state index in [0.717, 1.165) is 6.42 Å². The number of hydrogen-bond donors (Lipinski definition) is 2. The minimum Gasteiger partial charge on any atom is -0.326 e. The number of carbonyl (C=O) groups is 1. The fraction of sp³-hybridized carbons (Fsp3) is 0.400. The van der Waals surface area contributed by atoms with Gasteiger partial charge in [-0.25, -0.2) is 4.39 Å². The Bertz CT molecular complexity index is 501. The molecule has 0 aliphatic heterocycles. The minimum absolute atomic E-state index is 0.0713. The lowest BCUT2D eigenvalue weighted by atomic mass is 10.1. The van der Waals surface area contributed by atoms with Gasteiger partial charge in [-0.05, 0) is 30.5 Å². The largest absolute Gasteiger partial charge is 0.326 e. The van der Waals surface area contributed by atoms with Crippen molar-refractivity contribution in [3.63, 3.8) is 0 Å². The molecule has 0 aliphatic carbocycles. The maximum absolute atomic E-state index is 13.4. The van der Waals surface area contributed by atoms with Gasteiger partial charge in [0.2, 0.25) is 5.91 Å². The Morgan fingerprint density at radius 2 is 2.21 bits per heavy atom. The Hall–Kier alpha value is -1.86. The summed E-state index contributed by atoms with van der Waals surface area (Å²) in [5.41, 5.74) is 6.04. The van der Waals surface area contributed by atoms with Crippen molar-refractivity contribution in [2.75, 3.05) is 11.9 Å². The highest BCUT2D eigenvalue weighted by Crippen LogP contribution is 2.15. The molecule has 0 fully saturated rings. The molecule has 4 heteroatoms. The average molecular weight is 262 g/mol. The van der Waals surface area contributed by atoms with Gasteiger partial charge in [-0.15, -0.1) is 0 Å². The molecule has 0 radical (unpaired) electrons. The zero-order valence-corrected chi connectivity index (χ0v) is 11.3. The maximum atomic E-state index is 13.4. The standard InChI is InChI=1S/C15H19FN2O/c1-11(2)5-8-15(19)18-13-6-7-14(16)12(10-13)4-3-9-17/h6-7,10-11H,5,8-9,17H2,1-2H3,(H,18,19). The van der Waals surface area contributed by atoms with Gasteiger partial charge in [-0.2, -0.15) is 0 Å². The molecule has 0 saturated heterocycles. The van der Waals surface area contributed by atoms with Crippen molar-refractivity contribution in [3.8, 4) is 11.8 Å². The van der Waals surface area contributed by atoms with Crippen LogP contribution in [0.25, 0.3) is 0 Å². The van der Waals surface area contributed by atoms with Crippen molar-refractivity contribution >= 4 is 11.6 Å². The maximum Gasteiger partial charge on any atom is 0.224 e. The Morgan fingerprint density at radius 1 is 1.47 bits per heavy atom. The van der Waals surface area contributed by atoms with Crippen molar-refractivity contribution < 1.29 is 9.18 Å².